The van der Waals surface area contributed by atoms with Crippen molar-refractivity contribution in [3.63, 3.8) is 0 Å². The highest BCUT2D eigenvalue weighted by atomic mass is 16.5. The summed E-state index contributed by atoms with van der Waals surface area (Å²) in [6.45, 7) is 3.89. The van der Waals surface area contributed by atoms with E-state index in [0.29, 0.717) is 5.75 Å². The molecule has 1 unspecified atom stereocenters. The SMILES string of the molecule is C=CC(O)(c1ccc(Oc2ccccc2)cc1)c1ccc(N(C)c2ccccc2)cc1. The van der Waals surface area contributed by atoms with Crippen molar-refractivity contribution in [1.82, 2.24) is 0 Å². The average molecular weight is 408 g/mol. The lowest BCUT2D eigenvalue weighted by molar-refractivity contribution is 0.135. The number of ether oxygens (including phenoxy) is 1. The summed E-state index contributed by atoms with van der Waals surface area (Å²) >= 11 is 0. The smallest absolute Gasteiger partial charge is 0.133 e. The fraction of sp³-hybridized carbons (Fsp3) is 0.0714. The summed E-state index contributed by atoms with van der Waals surface area (Å²) in [6.07, 6.45) is 1.57. The topological polar surface area (TPSA) is 32.7 Å². The van der Waals surface area contributed by atoms with E-state index in [1.165, 1.54) is 0 Å². The largest absolute Gasteiger partial charge is 0.457 e. The number of rotatable bonds is 7. The minimum Gasteiger partial charge on any atom is -0.457 e. The van der Waals surface area contributed by atoms with Crippen molar-refractivity contribution in [2.45, 2.75) is 5.60 Å². The van der Waals surface area contributed by atoms with Gasteiger partial charge in [-0.1, -0.05) is 73.3 Å². The molecule has 3 heteroatoms. The molecule has 0 amide bonds. The zero-order valence-electron chi connectivity index (χ0n) is 17.5. The molecule has 31 heavy (non-hydrogen) atoms. The molecule has 0 radical (unpaired) electrons. The Morgan fingerprint density at radius 1 is 0.677 bits per heavy atom. The zero-order valence-corrected chi connectivity index (χ0v) is 17.5. The van der Waals surface area contributed by atoms with Crippen molar-refractivity contribution in [2.24, 2.45) is 0 Å². The van der Waals surface area contributed by atoms with Crippen LogP contribution in [0.15, 0.2) is 122 Å². The van der Waals surface area contributed by atoms with Crippen LogP contribution in [-0.4, -0.2) is 12.2 Å². The molecule has 0 aliphatic heterocycles. The summed E-state index contributed by atoms with van der Waals surface area (Å²) in [4.78, 5) is 2.10. The van der Waals surface area contributed by atoms with Gasteiger partial charge in [0.05, 0.1) is 0 Å². The van der Waals surface area contributed by atoms with Crippen molar-refractivity contribution < 1.29 is 9.84 Å². The highest BCUT2D eigenvalue weighted by molar-refractivity contribution is 5.63. The lowest BCUT2D eigenvalue weighted by Crippen LogP contribution is -2.24. The van der Waals surface area contributed by atoms with Gasteiger partial charge in [-0.05, 0) is 59.7 Å². The third-order valence-corrected chi connectivity index (χ3v) is 5.41. The van der Waals surface area contributed by atoms with Crippen LogP contribution in [0, 0.1) is 0 Å². The Labute approximate surface area is 183 Å². The normalized spacial score (nSPS) is 12.6. The van der Waals surface area contributed by atoms with E-state index in [0.717, 1.165) is 28.3 Å². The monoisotopic (exact) mass is 407 g/mol. The summed E-state index contributed by atoms with van der Waals surface area (Å²) in [5, 5.41) is 11.4. The molecule has 0 fully saturated rings. The maximum absolute atomic E-state index is 11.4. The fourth-order valence-corrected chi connectivity index (χ4v) is 3.54. The van der Waals surface area contributed by atoms with Crippen LogP contribution in [0.25, 0.3) is 0 Å². The average Bonchev–Trinajstić information content (AvgIpc) is 2.85. The summed E-state index contributed by atoms with van der Waals surface area (Å²) < 4.78 is 5.86. The molecule has 0 aromatic heterocycles. The first-order chi connectivity index (χ1) is 15.1. The maximum atomic E-state index is 11.4. The standard InChI is InChI=1S/C28H25NO2/c1-3-28(30,23-16-20-27(21-17-23)31-26-12-8-5-9-13-26)22-14-18-25(19-15-22)29(2)24-10-6-4-7-11-24/h3-21,30H,1H2,2H3. The van der Waals surface area contributed by atoms with Crippen molar-refractivity contribution in [2.75, 3.05) is 11.9 Å². The molecular weight excluding hydrogens is 382 g/mol. The third kappa shape index (κ3) is 4.37. The van der Waals surface area contributed by atoms with Gasteiger partial charge in [-0.2, -0.15) is 0 Å². The highest BCUT2D eigenvalue weighted by Crippen LogP contribution is 2.34. The van der Waals surface area contributed by atoms with Gasteiger partial charge < -0.3 is 14.7 Å². The van der Waals surface area contributed by atoms with Crippen molar-refractivity contribution in [3.8, 4) is 11.5 Å². The van der Waals surface area contributed by atoms with Gasteiger partial charge in [0.1, 0.15) is 17.1 Å². The Morgan fingerprint density at radius 2 is 1.13 bits per heavy atom. The second-order valence-electron chi connectivity index (χ2n) is 7.35. The molecule has 4 aromatic carbocycles. The molecule has 154 valence electrons. The first-order valence-corrected chi connectivity index (χ1v) is 10.2. The van der Waals surface area contributed by atoms with Gasteiger partial charge in [0.2, 0.25) is 0 Å². The molecule has 0 spiro atoms. The van der Waals surface area contributed by atoms with Gasteiger partial charge in [0, 0.05) is 18.4 Å². The van der Waals surface area contributed by atoms with Crippen LogP contribution >= 0.6 is 0 Å². The lowest BCUT2D eigenvalue weighted by atomic mass is 9.86. The number of benzene rings is 4. The van der Waals surface area contributed by atoms with E-state index >= 15 is 0 Å². The minimum absolute atomic E-state index is 0.709. The number of aliphatic hydroxyl groups is 1. The molecule has 0 saturated heterocycles. The third-order valence-electron chi connectivity index (χ3n) is 5.41. The Hall–Kier alpha value is -3.82. The second-order valence-corrected chi connectivity index (χ2v) is 7.35. The van der Waals surface area contributed by atoms with Crippen LogP contribution in [0.2, 0.25) is 0 Å². The van der Waals surface area contributed by atoms with Gasteiger partial charge >= 0.3 is 0 Å². The summed E-state index contributed by atoms with van der Waals surface area (Å²) in [7, 11) is 2.02. The van der Waals surface area contributed by atoms with Gasteiger partial charge in [0.15, 0.2) is 0 Å². The van der Waals surface area contributed by atoms with Crippen LogP contribution in [0.1, 0.15) is 11.1 Å². The summed E-state index contributed by atoms with van der Waals surface area (Å²) in [5.74, 6) is 1.48. The lowest BCUT2D eigenvalue weighted by Gasteiger charge is -2.27. The number of nitrogens with zero attached hydrogens (tertiary/aromatic N) is 1. The quantitative estimate of drug-likeness (QED) is 0.347. The van der Waals surface area contributed by atoms with Gasteiger partial charge in [-0.15, -0.1) is 0 Å². The van der Waals surface area contributed by atoms with E-state index in [2.05, 4.69) is 23.6 Å². The zero-order chi connectivity index (χ0) is 21.7. The highest BCUT2D eigenvalue weighted by Gasteiger charge is 2.28. The Morgan fingerprint density at radius 3 is 1.68 bits per heavy atom. The van der Waals surface area contributed by atoms with Crippen LogP contribution in [0.5, 0.6) is 11.5 Å². The molecule has 4 aromatic rings. The maximum Gasteiger partial charge on any atom is 0.133 e. The van der Waals surface area contributed by atoms with E-state index in [4.69, 9.17) is 4.74 Å². The van der Waals surface area contributed by atoms with Crippen LogP contribution in [0.4, 0.5) is 11.4 Å². The van der Waals surface area contributed by atoms with E-state index in [1.54, 1.807) is 6.08 Å². The van der Waals surface area contributed by atoms with E-state index in [-0.39, 0.29) is 0 Å². The van der Waals surface area contributed by atoms with Gasteiger partial charge in [0.25, 0.3) is 0 Å². The van der Waals surface area contributed by atoms with E-state index < -0.39 is 5.60 Å². The molecule has 0 aliphatic rings. The van der Waals surface area contributed by atoms with Crippen LogP contribution < -0.4 is 9.64 Å². The molecule has 0 heterocycles. The molecule has 0 aliphatic carbocycles. The van der Waals surface area contributed by atoms with E-state index in [9.17, 15) is 5.11 Å². The van der Waals surface area contributed by atoms with E-state index in [1.807, 2.05) is 104 Å². The molecule has 1 N–H and O–H groups in total. The number of anilines is 2. The van der Waals surface area contributed by atoms with Gasteiger partial charge in [-0.3, -0.25) is 0 Å². The van der Waals surface area contributed by atoms with Crippen molar-refractivity contribution in [1.29, 1.82) is 0 Å². The van der Waals surface area contributed by atoms with Crippen LogP contribution in [-0.2, 0) is 5.60 Å². The Kier molecular flexibility index (Phi) is 5.87. The molecule has 3 nitrogen and oxygen atoms in total. The first kappa shape index (κ1) is 20.5. The Bertz CT molecular complexity index is 1120. The summed E-state index contributed by atoms with van der Waals surface area (Å²) in [5.41, 5.74) is 2.32. The number of para-hydroxylation sites is 2. The number of hydrogen-bond donors (Lipinski definition) is 1. The van der Waals surface area contributed by atoms with Crippen LogP contribution in [0.3, 0.4) is 0 Å². The number of hydrogen-bond acceptors (Lipinski definition) is 3. The minimum atomic E-state index is -1.30. The van der Waals surface area contributed by atoms with Crippen molar-refractivity contribution >= 4 is 11.4 Å². The molecule has 0 saturated carbocycles. The second kappa shape index (κ2) is 8.90. The van der Waals surface area contributed by atoms with Gasteiger partial charge in [-0.25, -0.2) is 0 Å². The van der Waals surface area contributed by atoms with Crippen molar-refractivity contribution in [3.05, 3.63) is 133 Å². The molecule has 4 rings (SSSR count). The molecular formula is C28H25NO2. The fourth-order valence-electron chi connectivity index (χ4n) is 3.54. The predicted molar refractivity (Wildman–Crippen MR) is 127 cm³/mol. The summed E-state index contributed by atoms with van der Waals surface area (Å²) in [6, 6.07) is 35.1. The molecule has 1 atom stereocenters. The first-order valence-electron chi connectivity index (χ1n) is 10.2. The Balaban J connectivity index is 1.56. The predicted octanol–water partition coefficient (Wildman–Crippen LogP) is 6.67. The molecule has 0 bridgehead atoms.